The molecule has 1 saturated heterocycles. The van der Waals surface area contributed by atoms with E-state index in [2.05, 4.69) is 10.0 Å². The molecule has 6 nitrogen and oxygen atoms in total. The van der Waals surface area contributed by atoms with Crippen molar-refractivity contribution < 1.29 is 12.8 Å². The van der Waals surface area contributed by atoms with Crippen molar-refractivity contribution in [3.05, 3.63) is 24.2 Å². The fourth-order valence-corrected chi connectivity index (χ4v) is 3.51. The van der Waals surface area contributed by atoms with E-state index in [4.69, 9.17) is 4.42 Å². The van der Waals surface area contributed by atoms with E-state index in [1.807, 2.05) is 7.05 Å². The Morgan fingerprint density at radius 1 is 1.42 bits per heavy atom. The Morgan fingerprint density at radius 3 is 2.74 bits per heavy atom. The zero-order valence-corrected chi connectivity index (χ0v) is 11.9. The summed E-state index contributed by atoms with van der Waals surface area (Å²) in [4.78, 5) is 0. The summed E-state index contributed by atoms with van der Waals surface area (Å²) in [5, 5.41) is 3.14. The molecular formula is C12H21N3O3S. The van der Waals surface area contributed by atoms with Crippen molar-refractivity contribution in [3.63, 3.8) is 0 Å². The number of piperidine rings is 1. The average Bonchev–Trinajstić information content (AvgIpc) is 2.91. The van der Waals surface area contributed by atoms with Crippen LogP contribution in [0.1, 0.15) is 18.6 Å². The maximum absolute atomic E-state index is 12.1. The van der Waals surface area contributed by atoms with Crippen molar-refractivity contribution in [2.75, 3.05) is 26.7 Å². The van der Waals surface area contributed by atoms with Crippen LogP contribution in [0.4, 0.5) is 0 Å². The highest BCUT2D eigenvalue weighted by Gasteiger charge is 2.27. The Hall–Kier alpha value is -0.890. The molecule has 2 rings (SSSR count). The first-order valence-electron chi connectivity index (χ1n) is 6.53. The first-order valence-corrected chi connectivity index (χ1v) is 7.97. The van der Waals surface area contributed by atoms with E-state index in [0.717, 1.165) is 19.4 Å². The summed E-state index contributed by atoms with van der Waals surface area (Å²) < 4.78 is 33.4. The van der Waals surface area contributed by atoms with E-state index in [-0.39, 0.29) is 6.54 Å². The van der Waals surface area contributed by atoms with Gasteiger partial charge in [0.15, 0.2) is 0 Å². The molecule has 1 aromatic rings. The molecule has 1 aliphatic heterocycles. The van der Waals surface area contributed by atoms with Crippen molar-refractivity contribution in [2.24, 2.45) is 5.92 Å². The minimum atomic E-state index is -3.39. The Balaban J connectivity index is 1.83. The maximum atomic E-state index is 12.1. The Bertz CT molecular complexity index is 464. The lowest BCUT2D eigenvalue weighted by atomic mass is 9.98. The predicted octanol–water partition coefficient (Wildman–Crippen LogP) is 0.545. The van der Waals surface area contributed by atoms with E-state index in [1.54, 1.807) is 12.1 Å². The third-order valence-corrected chi connectivity index (χ3v) is 4.97. The van der Waals surface area contributed by atoms with Crippen molar-refractivity contribution in [1.29, 1.82) is 0 Å². The molecular weight excluding hydrogens is 266 g/mol. The van der Waals surface area contributed by atoms with Crippen molar-refractivity contribution in [1.82, 2.24) is 14.3 Å². The lowest BCUT2D eigenvalue weighted by Gasteiger charge is -2.30. The number of furan rings is 1. The first kappa shape index (κ1) is 14.5. The molecule has 0 aromatic carbocycles. The van der Waals surface area contributed by atoms with Gasteiger partial charge in [0.25, 0.3) is 10.2 Å². The molecule has 2 N–H and O–H groups in total. The van der Waals surface area contributed by atoms with Gasteiger partial charge in [-0.1, -0.05) is 0 Å². The van der Waals surface area contributed by atoms with Crippen LogP contribution in [0.25, 0.3) is 0 Å². The largest absolute Gasteiger partial charge is 0.468 e. The lowest BCUT2D eigenvalue weighted by Crippen LogP contribution is -2.45. The molecule has 0 radical (unpaired) electrons. The Labute approximate surface area is 114 Å². The van der Waals surface area contributed by atoms with Gasteiger partial charge in [-0.25, -0.2) is 0 Å². The molecule has 2 heterocycles. The maximum Gasteiger partial charge on any atom is 0.279 e. The smallest absolute Gasteiger partial charge is 0.279 e. The predicted molar refractivity (Wildman–Crippen MR) is 72.7 cm³/mol. The SMILES string of the molecule is CNCC1CCN(S(=O)(=O)NCc2ccco2)CC1. The third kappa shape index (κ3) is 4.04. The zero-order chi connectivity index (χ0) is 13.7. The van der Waals surface area contributed by atoms with Crippen molar-refractivity contribution >= 4 is 10.2 Å². The minimum Gasteiger partial charge on any atom is -0.468 e. The quantitative estimate of drug-likeness (QED) is 0.801. The average molecular weight is 287 g/mol. The lowest BCUT2D eigenvalue weighted by molar-refractivity contribution is 0.268. The monoisotopic (exact) mass is 287 g/mol. The molecule has 0 amide bonds. The van der Waals surface area contributed by atoms with Crippen LogP contribution in [-0.4, -0.2) is 39.4 Å². The summed E-state index contributed by atoms with van der Waals surface area (Å²) in [5.41, 5.74) is 0. The number of rotatable bonds is 6. The van der Waals surface area contributed by atoms with E-state index in [0.29, 0.717) is 24.8 Å². The van der Waals surface area contributed by atoms with Gasteiger partial charge in [-0.2, -0.15) is 17.4 Å². The van der Waals surface area contributed by atoms with Gasteiger partial charge in [-0.3, -0.25) is 0 Å². The molecule has 0 spiro atoms. The summed E-state index contributed by atoms with van der Waals surface area (Å²) in [6.07, 6.45) is 3.35. The molecule has 1 fully saturated rings. The van der Waals surface area contributed by atoms with E-state index < -0.39 is 10.2 Å². The second-order valence-electron chi connectivity index (χ2n) is 4.81. The topological polar surface area (TPSA) is 74.6 Å². The van der Waals surface area contributed by atoms with Crippen LogP contribution in [0.5, 0.6) is 0 Å². The third-order valence-electron chi connectivity index (χ3n) is 3.42. The standard InChI is InChI=1S/C12H21N3O3S/c1-13-9-11-4-6-15(7-5-11)19(16,17)14-10-12-3-2-8-18-12/h2-3,8,11,13-14H,4-7,9-10H2,1H3. The zero-order valence-electron chi connectivity index (χ0n) is 11.1. The Morgan fingerprint density at radius 2 is 2.16 bits per heavy atom. The van der Waals surface area contributed by atoms with Crippen molar-refractivity contribution in [3.8, 4) is 0 Å². The van der Waals surface area contributed by atoms with Gasteiger partial charge in [-0.05, 0) is 44.5 Å². The molecule has 7 heteroatoms. The molecule has 0 saturated carbocycles. The van der Waals surface area contributed by atoms with Crippen molar-refractivity contribution in [2.45, 2.75) is 19.4 Å². The molecule has 0 unspecified atom stereocenters. The van der Waals surface area contributed by atoms with E-state index in [1.165, 1.54) is 10.6 Å². The minimum absolute atomic E-state index is 0.200. The molecule has 1 aromatic heterocycles. The second kappa shape index (κ2) is 6.51. The van der Waals surface area contributed by atoms with Crippen LogP contribution in [0.15, 0.2) is 22.8 Å². The van der Waals surface area contributed by atoms with Gasteiger partial charge in [0.1, 0.15) is 5.76 Å². The fraction of sp³-hybridized carbons (Fsp3) is 0.667. The van der Waals surface area contributed by atoms with Crippen LogP contribution in [0.3, 0.4) is 0 Å². The van der Waals surface area contributed by atoms with E-state index in [9.17, 15) is 8.42 Å². The van der Waals surface area contributed by atoms with Gasteiger partial charge in [0, 0.05) is 13.1 Å². The molecule has 108 valence electrons. The molecule has 19 heavy (non-hydrogen) atoms. The van der Waals surface area contributed by atoms with Gasteiger partial charge in [0.05, 0.1) is 12.8 Å². The number of nitrogens with one attached hydrogen (secondary N) is 2. The molecule has 1 aliphatic rings. The van der Waals surface area contributed by atoms with Gasteiger partial charge >= 0.3 is 0 Å². The van der Waals surface area contributed by atoms with E-state index >= 15 is 0 Å². The van der Waals surface area contributed by atoms with Crippen LogP contribution < -0.4 is 10.0 Å². The highest BCUT2D eigenvalue weighted by molar-refractivity contribution is 7.87. The summed E-state index contributed by atoms with van der Waals surface area (Å²) in [7, 11) is -1.47. The fourth-order valence-electron chi connectivity index (χ4n) is 2.31. The summed E-state index contributed by atoms with van der Waals surface area (Å²) in [6, 6.07) is 3.49. The Kier molecular flexibility index (Phi) is 4.98. The number of nitrogens with zero attached hydrogens (tertiary/aromatic N) is 1. The molecule has 0 aliphatic carbocycles. The molecule has 0 atom stereocenters. The van der Waals surface area contributed by atoms with Crippen LogP contribution in [0.2, 0.25) is 0 Å². The number of hydrogen-bond donors (Lipinski definition) is 2. The second-order valence-corrected chi connectivity index (χ2v) is 6.56. The highest BCUT2D eigenvalue weighted by Crippen LogP contribution is 2.18. The molecule has 0 bridgehead atoms. The summed E-state index contributed by atoms with van der Waals surface area (Å²) in [5.74, 6) is 1.19. The van der Waals surface area contributed by atoms with Crippen LogP contribution in [0, 0.1) is 5.92 Å². The summed E-state index contributed by atoms with van der Waals surface area (Å²) in [6.45, 7) is 2.32. The van der Waals surface area contributed by atoms with Gasteiger partial charge < -0.3 is 9.73 Å². The first-order chi connectivity index (χ1) is 9.12. The number of hydrogen-bond acceptors (Lipinski definition) is 4. The highest BCUT2D eigenvalue weighted by atomic mass is 32.2. The van der Waals surface area contributed by atoms with Gasteiger partial charge in [-0.15, -0.1) is 0 Å². The van der Waals surface area contributed by atoms with Crippen LogP contribution in [-0.2, 0) is 16.8 Å². The van der Waals surface area contributed by atoms with Crippen LogP contribution >= 0.6 is 0 Å². The summed E-state index contributed by atoms with van der Waals surface area (Å²) >= 11 is 0. The normalized spacial score (nSPS) is 18.8. The van der Waals surface area contributed by atoms with Gasteiger partial charge in [0.2, 0.25) is 0 Å².